The van der Waals surface area contributed by atoms with Crippen LogP contribution in [-0.2, 0) is 0 Å². The number of aliphatic hydroxyl groups is 1. The Balaban J connectivity index is 4.47. The van der Waals surface area contributed by atoms with Gasteiger partial charge in [0.15, 0.2) is 0 Å². The zero-order valence-electron chi connectivity index (χ0n) is 6.67. The van der Waals surface area contributed by atoms with E-state index in [1.165, 1.54) is 12.2 Å². The number of nitrogens with two attached hydrogens (primary N) is 1. The molecule has 0 aromatic carbocycles. The van der Waals surface area contributed by atoms with Crippen LogP contribution >= 0.6 is 0 Å². The fourth-order valence-electron chi connectivity index (χ4n) is 0.595. The summed E-state index contributed by atoms with van der Waals surface area (Å²) < 4.78 is 0. The highest BCUT2D eigenvalue weighted by molar-refractivity contribution is 5.30. The average Bonchev–Trinajstić information content (AvgIpc) is 1.86. The van der Waals surface area contributed by atoms with Crippen molar-refractivity contribution in [2.24, 2.45) is 5.73 Å². The van der Waals surface area contributed by atoms with Gasteiger partial charge >= 0.3 is 0 Å². The SMILES string of the molecule is C=C/C=C(O)\C(C)=C/C(=C)N. The third-order valence-corrected chi connectivity index (χ3v) is 1.08. The van der Waals surface area contributed by atoms with E-state index in [2.05, 4.69) is 13.2 Å². The highest BCUT2D eigenvalue weighted by Crippen LogP contribution is 2.06. The van der Waals surface area contributed by atoms with E-state index in [4.69, 9.17) is 5.73 Å². The monoisotopic (exact) mass is 151 g/mol. The Morgan fingerprint density at radius 3 is 2.45 bits per heavy atom. The molecule has 0 saturated heterocycles. The molecule has 0 atom stereocenters. The summed E-state index contributed by atoms with van der Waals surface area (Å²) in [6.45, 7) is 8.66. The van der Waals surface area contributed by atoms with Crippen molar-refractivity contribution in [3.8, 4) is 0 Å². The van der Waals surface area contributed by atoms with Crippen LogP contribution in [0.25, 0.3) is 0 Å². The molecule has 0 saturated carbocycles. The van der Waals surface area contributed by atoms with E-state index in [0.717, 1.165) is 0 Å². The zero-order valence-corrected chi connectivity index (χ0v) is 6.67. The Bertz CT molecular complexity index is 224. The van der Waals surface area contributed by atoms with Crippen LogP contribution in [0.5, 0.6) is 0 Å². The molecule has 0 radical (unpaired) electrons. The second kappa shape index (κ2) is 4.39. The summed E-state index contributed by atoms with van der Waals surface area (Å²) in [5.74, 6) is 0.159. The van der Waals surface area contributed by atoms with Crippen LogP contribution in [0.2, 0.25) is 0 Å². The van der Waals surface area contributed by atoms with Crippen molar-refractivity contribution in [2.75, 3.05) is 0 Å². The number of aliphatic hydroxyl groups excluding tert-OH is 1. The van der Waals surface area contributed by atoms with Gasteiger partial charge in [0, 0.05) is 5.70 Å². The molecular formula is C9H13NO. The minimum absolute atomic E-state index is 0.159. The molecule has 60 valence electrons. The van der Waals surface area contributed by atoms with Crippen molar-refractivity contribution in [1.29, 1.82) is 0 Å². The van der Waals surface area contributed by atoms with Crippen LogP contribution < -0.4 is 5.73 Å². The lowest BCUT2D eigenvalue weighted by molar-refractivity contribution is 0.423. The molecule has 0 aromatic heterocycles. The summed E-state index contributed by atoms with van der Waals surface area (Å²) in [6, 6.07) is 0. The first-order valence-corrected chi connectivity index (χ1v) is 3.22. The Morgan fingerprint density at radius 2 is 2.09 bits per heavy atom. The van der Waals surface area contributed by atoms with E-state index in [1.807, 2.05) is 0 Å². The predicted octanol–water partition coefficient (Wildman–Crippen LogP) is 2.03. The molecule has 2 heteroatoms. The van der Waals surface area contributed by atoms with Gasteiger partial charge in [0.05, 0.1) is 0 Å². The molecule has 0 amide bonds. The Labute approximate surface area is 67.0 Å². The molecule has 0 aliphatic heterocycles. The molecule has 0 unspecified atom stereocenters. The molecular weight excluding hydrogens is 138 g/mol. The topological polar surface area (TPSA) is 46.2 Å². The van der Waals surface area contributed by atoms with E-state index in [9.17, 15) is 5.11 Å². The average molecular weight is 151 g/mol. The lowest BCUT2D eigenvalue weighted by atomic mass is 10.2. The third-order valence-electron chi connectivity index (χ3n) is 1.08. The van der Waals surface area contributed by atoms with Gasteiger partial charge in [0.25, 0.3) is 0 Å². The van der Waals surface area contributed by atoms with Gasteiger partial charge in [-0.3, -0.25) is 0 Å². The van der Waals surface area contributed by atoms with Crippen LogP contribution in [0.3, 0.4) is 0 Å². The highest BCUT2D eigenvalue weighted by atomic mass is 16.3. The number of rotatable bonds is 3. The molecule has 0 spiro atoms. The van der Waals surface area contributed by atoms with Crippen LogP contribution in [-0.4, -0.2) is 5.11 Å². The third kappa shape index (κ3) is 4.03. The number of hydrogen-bond donors (Lipinski definition) is 2. The van der Waals surface area contributed by atoms with Gasteiger partial charge in [-0.05, 0) is 24.6 Å². The minimum atomic E-state index is 0.159. The van der Waals surface area contributed by atoms with Crippen LogP contribution in [0, 0.1) is 0 Å². The highest BCUT2D eigenvalue weighted by Gasteiger charge is 1.93. The van der Waals surface area contributed by atoms with E-state index in [0.29, 0.717) is 11.3 Å². The number of allylic oxidation sites excluding steroid dienone is 4. The number of hydrogen-bond acceptors (Lipinski definition) is 2. The lowest BCUT2D eigenvalue weighted by Crippen LogP contribution is -1.92. The Hall–Kier alpha value is -1.44. The van der Waals surface area contributed by atoms with E-state index in [-0.39, 0.29) is 5.76 Å². The zero-order chi connectivity index (χ0) is 8.85. The summed E-state index contributed by atoms with van der Waals surface area (Å²) >= 11 is 0. The van der Waals surface area contributed by atoms with Crippen LogP contribution in [0.1, 0.15) is 6.92 Å². The van der Waals surface area contributed by atoms with Gasteiger partial charge in [-0.1, -0.05) is 19.2 Å². The maximum Gasteiger partial charge on any atom is 0.118 e. The fourth-order valence-corrected chi connectivity index (χ4v) is 0.595. The summed E-state index contributed by atoms with van der Waals surface area (Å²) in [6.07, 6.45) is 4.59. The van der Waals surface area contributed by atoms with Gasteiger partial charge in [-0.15, -0.1) is 0 Å². The minimum Gasteiger partial charge on any atom is -0.508 e. The summed E-state index contributed by atoms with van der Waals surface area (Å²) in [4.78, 5) is 0. The molecule has 0 aliphatic rings. The van der Waals surface area contributed by atoms with Gasteiger partial charge < -0.3 is 10.8 Å². The summed E-state index contributed by atoms with van der Waals surface area (Å²) in [5, 5.41) is 9.19. The largest absolute Gasteiger partial charge is 0.508 e. The van der Waals surface area contributed by atoms with Gasteiger partial charge in [-0.25, -0.2) is 0 Å². The van der Waals surface area contributed by atoms with Crippen molar-refractivity contribution in [1.82, 2.24) is 0 Å². The molecule has 0 fully saturated rings. The van der Waals surface area contributed by atoms with Crippen molar-refractivity contribution < 1.29 is 5.11 Å². The first-order valence-electron chi connectivity index (χ1n) is 3.22. The van der Waals surface area contributed by atoms with Crippen LogP contribution in [0.15, 0.2) is 48.4 Å². The van der Waals surface area contributed by atoms with Crippen molar-refractivity contribution >= 4 is 0 Å². The van der Waals surface area contributed by atoms with Gasteiger partial charge in [-0.2, -0.15) is 0 Å². The Morgan fingerprint density at radius 1 is 1.55 bits per heavy atom. The van der Waals surface area contributed by atoms with E-state index in [1.54, 1.807) is 13.0 Å². The first-order chi connectivity index (χ1) is 5.07. The second-order valence-electron chi connectivity index (χ2n) is 2.19. The van der Waals surface area contributed by atoms with Crippen molar-refractivity contribution in [3.63, 3.8) is 0 Å². The molecule has 0 bridgehead atoms. The maximum atomic E-state index is 9.19. The second-order valence-corrected chi connectivity index (χ2v) is 2.19. The molecule has 0 rings (SSSR count). The lowest BCUT2D eigenvalue weighted by Gasteiger charge is -1.97. The van der Waals surface area contributed by atoms with E-state index >= 15 is 0 Å². The van der Waals surface area contributed by atoms with E-state index < -0.39 is 0 Å². The van der Waals surface area contributed by atoms with Gasteiger partial charge in [0.2, 0.25) is 0 Å². The van der Waals surface area contributed by atoms with Crippen molar-refractivity contribution in [3.05, 3.63) is 48.4 Å². The summed E-state index contributed by atoms with van der Waals surface area (Å²) in [7, 11) is 0. The quantitative estimate of drug-likeness (QED) is 0.479. The Kier molecular flexibility index (Phi) is 3.81. The first kappa shape index (κ1) is 9.56. The normalized spacial score (nSPS) is 12.8. The molecule has 2 nitrogen and oxygen atoms in total. The van der Waals surface area contributed by atoms with Crippen LogP contribution in [0.4, 0.5) is 0 Å². The molecule has 0 heterocycles. The molecule has 0 aliphatic carbocycles. The molecule has 3 N–H and O–H groups in total. The predicted molar refractivity (Wildman–Crippen MR) is 48.0 cm³/mol. The van der Waals surface area contributed by atoms with Gasteiger partial charge in [0.1, 0.15) is 5.76 Å². The molecule has 11 heavy (non-hydrogen) atoms. The summed E-state index contributed by atoms with van der Waals surface area (Å²) in [5.41, 5.74) is 6.39. The smallest absolute Gasteiger partial charge is 0.118 e. The standard InChI is InChI=1S/C9H13NO/c1-4-5-9(11)7(2)6-8(3)10/h4-6,11H,1,3,10H2,2H3/b7-6-,9-5+. The fraction of sp³-hybridized carbons (Fsp3) is 0.111. The molecule has 0 aromatic rings. The van der Waals surface area contributed by atoms with Crippen molar-refractivity contribution in [2.45, 2.75) is 6.92 Å². The maximum absolute atomic E-state index is 9.19.